The predicted molar refractivity (Wildman–Crippen MR) is 35.9 cm³/mol. The highest BCUT2D eigenvalue weighted by atomic mass is 16.8. The Kier molecular flexibility index (Phi) is 1.44. The first-order valence-electron chi connectivity index (χ1n) is 3.84. The molecular weight excluding hydrogens is 180 g/mol. The molecule has 0 radical (unpaired) electrons. The predicted octanol–water partition coefficient (Wildman–Crippen LogP) is -1.35. The molecule has 2 aliphatic heterocycles. The van der Waals surface area contributed by atoms with Crippen LogP contribution in [0.5, 0.6) is 0 Å². The van der Waals surface area contributed by atoms with Gasteiger partial charge in [-0.3, -0.25) is 9.59 Å². The minimum atomic E-state index is -2.39. The SMILES string of the molecule is O=C1CCC2(O1)OC(=O)CC2(O)O. The topological polar surface area (TPSA) is 93.1 Å². The van der Waals surface area contributed by atoms with E-state index in [0.717, 1.165) is 0 Å². The Hall–Kier alpha value is -1.14. The van der Waals surface area contributed by atoms with Crippen molar-refractivity contribution in [2.45, 2.75) is 30.8 Å². The maximum Gasteiger partial charge on any atom is 0.315 e. The van der Waals surface area contributed by atoms with E-state index in [-0.39, 0.29) is 12.8 Å². The van der Waals surface area contributed by atoms with Gasteiger partial charge in [0.2, 0.25) is 0 Å². The molecule has 72 valence electrons. The highest BCUT2D eigenvalue weighted by Gasteiger charge is 2.65. The molecule has 2 fully saturated rings. The average Bonchev–Trinajstić information content (AvgIpc) is 2.39. The minimum absolute atomic E-state index is 0.00935. The fourth-order valence-corrected chi connectivity index (χ4v) is 1.54. The fraction of sp³-hybridized carbons (Fsp3) is 0.714. The van der Waals surface area contributed by atoms with E-state index in [4.69, 9.17) is 0 Å². The highest BCUT2D eigenvalue weighted by Crippen LogP contribution is 2.43. The van der Waals surface area contributed by atoms with Crippen LogP contribution in [-0.2, 0) is 19.1 Å². The van der Waals surface area contributed by atoms with Crippen LogP contribution in [0.15, 0.2) is 0 Å². The van der Waals surface area contributed by atoms with Crippen molar-refractivity contribution >= 4 is 11.9 Å². The number of carbonyl (C=O) groups is 2. The molecule has 0 aromatic heterocycles. The monoisotopic (exact) mass is 188 g/mol. The molecule has 0 aromatic carbocycles. The third-order valence-electron chi connectivity index (χ3n) is 2.22. The Bertz CT molecular complexity index is 279. The van der Waals surface area contributed by atoms with Gasteiger partial charge in [-0.25, -0.2) is 0 Å². The zero-order valence-electron chi connectivity index (χ0n) is 6.65. The lowest BCUT2D eigenvalue weighted by molar-refractivity contribution is -0.319. The summed E-state index contributed by atoms with van der Waals surface area (Å²) in [6.45, 7) is 0. The van der Waals surface area contributed by atoms with E-state index in [1.165, 1.54) is 0 Å². The van der Waals surface area contributed by atoms with Crippen LogP contribution in [0.1, 0.15) is 19.3 Å². The van der Waals surface area contributed by atoms with Crippen LogP contribution in [0.3, 0.4) is 0 Å². The Morgan fingerprint density at radius 3 is 2.15 bits per heavy atom. The second-order valence-corrected chi connectivity index (χ2v) is 3.19. The van der Waals surface area contributed by atoms with Crippen LogP contribution in [0, 0.1) is 0 Å². The number of hydrogen-bond donors (Lipinski definition) is 2. The van der Waals surface area contributed by atoms with Crippen LogP contribution in [0.4, 0.5) is 0 Å². The molecule has 6 nitrogen and oxygen atoms in total. The van der Waals surface area contributed by atoms with Gasteiger partial charge in [-0.05, 0) is 0 Å². The molecule has 1 unspecified atom stereocenters. The summed E-state index contributed by atoms with van der Waals surface area (Å²) in [4.78, 5) is 21.6. The zero-order chi connectivity index (χ0) is 9.69. The Labute approximate surface area is 73.1 Å². The van der Waals surface area contributed by atoms with E-state index in [1.54, 1.807) is 0 Å². The Balaban J connectivity index is 2.32. The smallest absolute Gasteiger partial charge is 0.315 e. The van der Waals surface area contributed by atoms with Crippen molar-refractivity contribution in [2.75, 3.05) is 0 Å². The molecule has 1 spiro atoms. The van der Waals surface area contributed by atoms with Crippen LogP contribution >= 0.6 is 0 Å². The molecular formula is C7H8O6. The Morgan fingerprint density at radius 1 is 1.15 bits per heavy atom. The normalized spacial score (nSPS) is 36.5. The largest absolute Gasteiger partial charge is 0.417 e. The molecule has 2 rings (SSSR count). The second-order valence-electron chi connectivity index (χ2n) is 3.19. The summed E-state index contributed by atoms with van der Waals surface area (Å²) in [5.41, 5.74) is 0. The summed E-state index contributed by atoms with van der Waals surface area (Å²) in [7, 11) is 0. The van der Waals surface area contributed by atoms with Crippen LogP contribution in [-0.4, -0.2) is 33.7 Å². The van der Waals surface area contributed by atoms with Crippen LogP contribution in [0.2, 0.25) is 0 Å². The number of esters is 2. The van der Waals surface area contributed by atoms with E-state index in [2.05, 4.69) is 9.47 Å². The molecule has 0 aromatic rings. The number of rotatable bonds is 0. The van der Waals surface area contributed by atoms with Crippen LogP contribution < -0.4 is 0 Å². The Morgan fingerprint density at radius 2 is 1.77 bits per heavy atom. The maximum absolute atomic E-state index is 10.8. The van der Waals surface area contributed by atoms with Gasteiger partial charge in [0.25, 0.3) is 5.79 Å². The van der Waals surface area contributed by atoms with Gasteiger partial charge in [-0.2, -0.15) is 0 Å². The molecule has 0 bridgehead atoms. The summed E-state index contributed by atoms with van der Waals surface area (Å²) in [6.07, 6.45) is -0.555. The molecule has 2 N–H and O–H groups in total. The first kappa shape index (κ1) is 8.46. The zero-order valence-corrected chi connectivity index (χ0v) is 6.65. The summed E-state index contributed by atoms with van der Waals surface area (Å²) < 4.78 is 9.23. The summed E-state index contributed by atoms with van der Waals surface area (Å²) in [5, 5.41) is 18.7. The van der Waals surface area contributed by atoms with Gasteiger partial charge in [0.1, 0.15) is 6.42 Å². The van der Waals surface area contributed by atoms with Crippen molar-refractivity contribution in [3.05, 3.63) is 0 Å². The van der Waals surface area contributed by atoms with Gasteiger partial charge in [-0.15, -0.1) is 0 Å². The van der Waals surface area contributed by atoms with Gasteiger partial charge >= 0.3 is 17.7 Å². The number of aliphatic hydroxyl groups is 2. The molecule has 0 aliphatic carbocycles. The second kappa shape index (κ2) is 2.21. The van der Waals surface area contributed by atoms with Crippen LogP contribution in [0.25, 0.3) is 0 Å². The van der Waals surface area contributed by atoms with Crippen molar-refractivity contribution in [1.29, 1.82) is 0 Å². The van der Waals surface area contributed by atoms with E-state index >= 15 is 0 Å². The first-order chi connectivity index (χ1) is 5.95. The highest BCUT2D eigenvalue weighted by molar-refractivity contribution is 5.77. The van der Waals surface area contributed by atoms with Crippen molar-refractivity contribution in [1.82, 2.24) is 0 Å². The summed E-state index contributed by atoms with van der Waals surface area (Å²) in [5.74, 6) is -5.63. The molecule has 2 saturated heterocycles. The van der Waals surface area contributed by atoms with Gasteiger partial charge in [0.05, 0.1) is 6.42 Å². The van der Waals surface area contributed by atoms with E-state index in [1.807, 2.05) is 0 Å². The number of hydrogen-bond acceptors (Lipinski definition) is 6. The quantitative estimate of drug-likeness (QED) is 0.360. The lowest BCUT2D eigenvalue weighted by Gasteiger charge is -2.29. The molecule has 6 heteroatoms. The minimum Gasteiger partial charge on any atom is -0.417 e. The van der Waals surface area contributed by atoms with Gasteiger partial charge in [0.15, 0.2) is 0 Å². The van der Waals surface area contributed by atoms with Gasteiger partial charge in [0, 0.05) is 6.42 Å². The standard InChI is InChI=1S/C7H8O6/c8-4-1-2-7(12-4)6(10,11)3-5(9)13-7/h10-11H,1-3H2. The fourth-order valence-electron chi connectivity index (χ4n) is 1.54. The third-order valence-corrected chi connectivity index (χ3v) is 2.22. The van der Waals surface area contributed by atoms with E-state index in [9.17, 15) is 19.8 Å². The summed E-state index contributed by atoms with van der Waals surface area (Å²) in [6, 6.07) is 0. The first-order valence-corrected chi connectivity index (χ1v) is 3.84. The molecule has 2 aliphatic rings. The van der Waals surface area contributed by atoms with Crippen molar-refractivity contribution < 1.29 is 29.3 Å². The van der Waals surface area contributed by atoms with E-state index < -0.39 is 29.9 Å². The molecule has 13 heavy (non-hydrogen) atoms. The molecule has 0 amide bonds. The van der Waals surface area contributed by atoms with Crippen molar-refractivity contribution in [3.8, 4) is 0 Å². The maximum atomic E-state index is 10.8. The average molecular weight is 188 g/mol. The third kappa shape index (κ3) is 1.02. The molecule has 1 atom stereocenters. The van der Waals surface area contributed by atoms with Crippen molar-refractivity contribution in [3.63, 3.8) is 0 Å². The van der Waals surface area contributed by atoms with E-state index in [0.29, 0.717) is 0 Å². The van der Waals surface area contributed by atoms with Crippen molar-refractivity contribution in [2.24, 2.45) is 0 Å². The molecule has 0 saturated carbocycles. The lowest BCUT2D eigenvalue weighted by atomic mass is 10.0. The van der Waals surface area contributed by atoms with Gasteiger partial charge < -0.3 is 19.7 Å². The lowest BCUT2D eigenvalue weighted by Crippen LogP contribution is -2.50. The number of ether oxygens (including phenoxy) is 2. The number of carbonyl (C=O) groups excluding carboxylic acids is 2. The van der Waals surface area contributed by atoms with Gasteiger partial charge in [-0.1, -0.05) is 0 Å². The molecule has 2 heterocycles. The summed E-state index contributed by atoms with van der Waals surface area (Å²) >= 11 is 0.